The number of nitrogens with zero attached hydrogens (tertiary/aromatic N) is 2. The number of pyridine rings is 1. The maximum atomic E-state index is 10.9. The quantitative estimate of drug-likeness (QED) is 0.437. The Hall–Kier alpha value is -2.23. The van der Waals surface area contributed by atoms with Gasteiger partial charge in [-0.05, 0) is 5.56 Å². The van der Waals surface area contributed by atoms with E-state index >= 15 is 0 Å². The fourth-order valence-electron chi connectivity index (χ4n) is 1.59. The molecule has 0 N–H and O–H groups in total. The largest absolute Gasteiger partial charge is 0.340 e. The Bertz CT molecular complexity index is 524. The van der Waals surface area contributed by atoms with Crippen molar-refractivity contribution in [1.29, 1.82) is 0 Å². The van der Waals surface area contributed by atoms with Crippen LogP contribution in [0.5, 0.6) is 0 Å². The predicted molar refractivity (Wildman–Crippen MR) is 59.7 cm³/mol. The molecule has 16 heavy (non-hydrogen) atoms. The fourth-order valence-corrected chi connectivity index (χ4v) is 1.59. The van der Waals surface area contributed by atoms with Gasteiger partial charge in [0.05, 0.1) is 10.5 Å². The molecule has 0 aliphatic carbocycles. The first-order chi connectivity index (χ1) is 7.68. The van der Waals surface area contributed by atoms with Gasteiger partial charge in [0.1, 0.15) is 7.05 Å². The molecule has 2 rings (SSSR count). The van der Waals surface area contributed by atoms with E-state index < -0.39 is 0 Å². The molecule has 1 heterocycles. The molecule has 0 spiro atoms. The van der Waals surface area contributed by atoms with Crippen LogP contribution in [-0.2, 0) is 7.05 Å². The van der Waals surface area contributed by atoms with Crippen LogP contribution in [0.15, 0.2) is 48.8 Å². The first kappa shape index (κ1) is 10.3. The maximum absolute atomic E-state index is 10.9. The molecule has 0 aliphatic rings. The average molecular weight is 215 g/mol. The van der Waals surface area contributed by atoms with Crippen LogP contribution in [0.3, 0.4) is 0 Å². The predicted octanol–water partition coefficient (Wildman–Crippen LogP) is 2.09. The summed E-state index contributed by atoms with van der Waals surface area (Å²) < 4.78 is 1.67. The number of aromatic nitrogens is 1. The van der Waals surface area contributed by atoms with Gasteiger partial charge in [0.25, 0.3) is 0 Å². The third kappa shape index (κ3) is 1.91. The SMILES string of the molecule is C[n+]1ccc(-c2ccccc2)c([N+](=O)[O-])c1. The third-order valence-corrected chi connectivity index (χ3v) is 2.36. The van der Waals surface area contributed by atoms with Crippen LogP contribution in [0.25, 0.3) is 11.1 Å². The highest BCUT2D eigenvalue weighted by Crippen LogP contribution is 2.27. The van der Waals surface area contributed by atoms with Crippen LogP contribution in [0, 0.1) is 10.1 Å². The molecule has 0 unspecified atom stereocenters. The molecule has 0 saturated heterocycles. The standard InChI is InChI=1S/C12H11N2O2/c1-13-8-7-11(12(9-13)14(15)16)10-5-3-2-4-6-10/h2-9H,1H3/q+1. The molecule has 1 aromatic carbocycles. The summed E-state index contributed by atoms with van der Waals surface area (Å²) in [4.78, 5) is 10.6. The number of nitro groups is 1. The molecule has 80 valence electrons. The average Bonchev–Trinajstić information content (AvgIpc) is 2.30. The molecule has 0 amide bonds. The zero-order chi connectivity index (χ0) is 11.5. The maximum Gasteiger partial charge on any atom is 0.340 e. The van der Waals surface area contributed by atoms with Crippen LogP contribution < -0.4 is 4.57 Å². The molecule has 0 bridgehead atoms. The van der Waals surface area contributed by atoms with Crippen molar-refractivity contribution >= 4 is 5.69 Å². The number of hydrogen-bond donors (Lipinski definition) is 0. The van der Waals surface area contributed by atoms with E-state index in [4.69, 9.17) is 0 Å². The van der Waals surface area contributed by atoms with E-state index in [1.54, 1.807) is 23.9 Å². The van der Waals surface area contributed by atoms with Gasteiger partial charge in [-0.2, -0.15) is 0 Å². The van der Waals surface area contributed by atoms with Crippen molar-refractivity contribution in [2.45, 2.75) is 0 Å². The highest BCUT2D eigenvalue weighted by atomic mass is 16.6. The van der Waals surface area contributed by atoms with Gasteiger partial charge in [-0.3, -0.25) is 10.1 Å². The van der Waals surface area contributed by atoms with Gasteiger partial charge in [-0.15, -0.1) is 0 Å². The van der Waals surface area contributed by atoms with Gasteiger partial charge in [-0.1, -0.05) is 30.3 Å². The first-order valence-corrected chi connectivity index (χ1v) is 4.87. The summed E-state index contributed by atoms with van der Waals surface area (Å²) in [5.41, 5.74) is 1.62. The Balaban J connectivity index is 2.61. The van der Waals surface area contributed by atoms with E-state index in [9.17, 15) is 10.1 Å². The van der Waals surface area contributed by atoms with Gasteiger partial charge in [-0.25, -0.2) is 4.57 Å². The molecule has 4 nitrogen and oxygen atoms in total. The second-order valence-electron chi connectivity index (χ2n) is 3.53. The summed E-state index contributed by atoms with van der Waals surface area (Å²) in [6.45, 7) is 0. The first-order valence-electron chi connectivity index (χ1n) is 4.87. The van der Waals surface area contributed by atoms with Crippen molar-refractivity contribution in [1.82, 2.24) is 0 Å². The zero-order valence-corrected chi connectivity index (χ0v) is 8.83. The van der Waals surface area contributed by atoms with E-state index in [1.807, 2.05) is 30.3 Å². The molecule has 2 aromatic rings. The molecular weight excluding hydrogens is 204 g/mol. The van der Waals surface area contributed by atoms with Gasteiger partial charge >= 0.3 is 5.69 Å². The van der Waals surface area contributed by atoms with Crippen LogP contribution in [0.2, 0.25) is 0 Å². The summed E-state index contributed by atoms with van der Waals surface area (Å²) in [6.07, 6.45) is 3.32. The van der Waals surface area contributed by atoms with Crippen molar-refractivity contribution in [3.63, 3.8) is 0 Å². The molecule has 1 aromatic heterocycles. The molecule has 0 saturated carbocycles. The van der Waals surface area contributed by atoms with E-state index in [0.29, 0.717) is 5.56 Å². The summed E-state index contributed by atoms with van der Waals surface area (Å²) in [5.74, 6) is 0. The summed E-state index contributed by atoms with van der Waals surface area (Å²) in [7, 11) is 1.77. The lowest BCUT2D eigenvalue weighted by molar-refractivity contribution is -0.674. The van der Waals surface area contributed by atoms with Crippen molar-refractivity contribution in [2.24, 2.45) is 7.05 Å². The van der Waals surface area contributed by atoms with Crippen molar-refractivity contribution in [2.75, 3.05) is 0 Å². The number of benzene rings is 1. The number of rotatable bonds is 2. The summed E-state index contributed by atoms with van der Waals surface area (Å²) in [6, 6.07) is 11.1. The Morgan fingerprint density at radius 2 is 1.88 bits per heavy atom. The van der Waals surface area contributed by atoms with E-state index in [1.165, 1.54) is 6.20 Å². The molecule has 0 fully saturated rings. The van der Waals surface area contributed by atoms with E-state index in [2.05, 4.69) is 0 Å². The second kappa shape index (κ2) is 4.10. The zero-order valence-electron chi connectivity index (χ0n) is 8.83. The minimum absolute atomic E-state index is 0.121. The molecule has 0 atom stereocenters. The topological polar surface area (TPSA) is 47.0 Å². The Kier molecular flexibility index (Phi) is 2.64. The van der Waals surface area contributed by atoms with Gasteiger partial charge in [0, 0.05) is 6.07 Å². The van der Waals surface area contributed by atoms with Crippen LogP contribution in [-0.4, -0.2) is 4.92 Å². The summed E-state index contributed by atoms with van der Waals surface area (Å²) in [5, 5.41) is 10.9. The minimum Gasteiger partial charge on any atom is -0.258 e. The molecular formula is C12H11N2O2+. The Morgan fingerprint density at radius 3 is 2.50 bits per heavy atom. The van der Waals surface area contributed by atoms with Gasteiger partial charge in [0.2, 0.25) is 6.20 Å². The molecule has 0 aliphatic heterocycles. The minimum atomic E-state index is -0.359. The normalized spacial score (nSPS) is 10.1. The highest BCUT2D eigenvalue weighted by Gasteiger charge is 2.18. The van der Waals surface area contributed by atoms with Crippen molar-refractivity contribution < 1.29 is 9.49 Å². The van der Waals surface area contributed by atoms with Crippen LogP contribution in [0.1, 0.15) is 0 Å². The lowest BCUT2D eigenvalue weighted by Gasteiger charge is -2.00. The van der Waals surface area contributed by atoms with E-state index in [0.717, 1.165) is 5.56 Å². The Labute approximate surface area is 92.9 Å². The van der Waals surface area contributed by atoms with Crippen LogP contribution >= 0.6 is 0 Å². The fraction of sp³-hybridized carbons (Fsp3) is 0.0833. The molecule has 4 heteroatoms. The molecule has 0 radical (unpaired) electrons. The van der Waals surface area contributed by atoms with Gasteiger partial charge < -0.3 is 0 Å². The second-order valence-corrected chi connectivity index (χ2v) is 3.53. The highest BCUT2D eigenvalue weighted by molar-refractivity contribution is 5.71. The van der Waals surface area contributed by atoms with E-state index in [-0.39, 0.29) is 10.6 Å². The number of hydrogen-bond acceptors (Lipinski definition) is 2. The smallest absolute Gasteiger partial charge is 0.258 e. The number of aryl methyl sites for hydroxylation is 1. The lowest BCUT2D eigenvalue weighted by atomic mass is 10.1. The Morgan fingerprint density at radius 1 is 1.19 bits per heavy atom. The van der Waals surface area contributed by atoms with Gasteiger partial charge in [0.15, 0.2) is 6.20 Å². The monoisotopic (exact) mass is 215 g/mol. The lowest BCUT2D eigenvalue weighted by Crippen LogP contribution is -2.26. The summed E-state index contributed by atoms with van der Waals surface area (Å²) >= 11 is 0. The third-order valence-electron chi connectivity index (χ3n) is 2.36. The van der Waals surface area contributed by atoms with Crippen molar-refractivity contribution in [3.05, 3.63) is 58.9 Å². The van der Waals surface area contributed by atoms with Crippen LogP contribution in [0.4, 0.5) is 5.69 Å². The van der Waals surface area contributed by atoms with Crippen molar-refractivity contribution in [3.8, 4) is 11.1 Å².